The van der Waals surface area contributed by atoms with Gasteiger partial charge in [-0.25, -0.2) is 29.0 Å². The molecule has 0 spiro atoms. The molecule has 560 valence electrons. The molecule has 1 aromatic carbocycles. The molecule has 3 aromatic rings. The molecule has 0 N–H and O–H groups in total. The van der Waals surface area contributed by atoms with E-state index in [1.54, 1.807) is 19.6 Å². The molecule has 98 heavy (non-hydrogen) atoms. The molecule has 7 rings (SSSR count). The van der Waals surface area contributed by atoms with Crippen LogP contribution in [0.25, 0.3) is 11.4 Å². The third kappa shape index (κ3) is 25.5. The number of ether oxygens (including phenoxy) is 1. The minimum absolute atomic E-state index is 0.0845. The lowest BCUT2D eigenvalue weighted by Crippen LogP contribution is -2.50. The van der Waals surface area contributed by atoms with Crippen LogP contribution in [0.4, 0.5) is 53.2 Å². The molecule has 0 saturated carbocycles. The van der Waals surface area contributed by atoms with Gasteiger partial charge in [-0.15, -0.1) is 0 Å². The van der Waals surface area contributed by atoms with Crippen LogP contribution in [0.2, 0.25) is 0 Å². The Labute approximate surface area is 594 Å². The Balaban J connectivity index is 0.000000586. The normalized spacial score (nSPS) is 17.0. The number of hydrogen-bond donors (Lipinski definition) is 0. The molecule has 4 fully saturated rings. The van der Waals surface area contributed by atoms with Crippen LogP contribution in [0.15, 0.2) is 42.5 Å². The molecule has 6 heterocycles. The Hall–Kier alpha value is -7.31. The molecular formula is C73H137N19O6. The zero-order valence-corrected chi connectivity index (χ0v) is 66.3. The predicted molar refractivity (Wildman–Crippen MR) is 408 cm³/mol. The average molecular weight is 1380 g/mol. The van der Waals surface area contributed by atoms with E-state index < -0.39 is 0 Å². The topological polar surface area (TPSA) is 195 Å². The van der Waals surface area contributed by atoms with Crippen LogP contribution in [0.3, 0.4) is 0 Å². The molecule has 4 saturated heterocycles. The predicted octanol–water partition coefficient (Wildman–Crippen LogP) is 12.4. The lowest BCUT2D eigenvalue weighted by molar-refractivity contribution is -0.0480. The van der Waals surface area contributed by atoms with E-state index >= 15 is 0 Å². The van der Waals surface area contributed by atoms with Gasteiger partial charge in [0.25, 0.3) is 0 Å². The molecule has 25 heteroatoms. The highest BCUT2D eigenvalue weighted by atomic mass is 16.5. The van der Waals surface area contributed by atoms with Crippen molar-refractivity contribution < 1.29 is 28.7 Å². The van der Waals surface area contributed by atoms with Crippen LogP contribution in [-0.4, -0.2) is 295 Å². The van der Waals surface area contributed by atoms with Crippen LogP contribution in [0.5, 0.6) is 0 Å². The van der Waals surface area contributed by atoms with Gasteiger partial charge in [0.05, 0.1) is 24.2 Å². The van der Waals surface area contributed by atoms with E-state index in [0.717, 1.165) is 179 Å². The highest BCUT2D eigenvalue weighted by Crippen LogP contribution is 2.28. The lowest BCUT2D eigenvalue weighted by Gasteiger charge is -2.33. The Bertz CT molecular complexity index is 2500. The first kappa shape index (κ1) is 88.7. The molecular weight excluding hydrogens is 1240 g/mol. The van der Waals surface area contributed by atoms with Gasteiger partial charge >= 0.3 is 30.2 Å². The van der Waals surface area contributed by atoms with Crippen molar-refractivity contribution >= 4 is 59.4 Å². The van der Waals surface area contributed by atoms with Gasteiger partial charge in [0.2, 0.25) is 11.9 Å². The lowest BCUT2D eigenvalue weighted by atomic mass is 10.2. The molecule has 10 amide bonds. The Morgan fingerprint density at radius 3 is 1.00 bits per heavy atom. The number of amides is 10. The Morgan fingerprint density at radius 2 is 0.735 bits per heavy atom. The summed E-state index contributed by atoms with van der Waals surface area (Å²) < 4.78 is 5.18. The minimum atomic E-state index is 0.0845. The molecule has 25 nitrogen and oxygen atoms in total. The van der Waals surface area contributed by atoms with E-state index in [1.165, 1.54) is 5.69 Å². The van der Waals surface area contributed by atoms with Crippen molar-refractivity contribution in [1.82, 2.24) is 68.9 Å². The van der Waals surface area contributed by atoms with Crippen LogP contribution in [-0.2, 0) is 4.74 Å². The second kappa shape index (κ2) is 47.6. The molecule has 4 aliphatic heterocycles. The number of rotatable bonds is 26. The fraction of sp³-hybridized carbons (Fsp3) is 0.740. The van der Waals surface area contributed by atoms with Gasteiger partial charge in [-0.1, -0.05) is 30.3 Å². The van der Waals surface area contributed by atoms with Gasteiger partial charge in [0.15, 0.2) is 5.82 Å². The number of nitrogens with zero attached hydrogens (tertiary/aromatic N) is 19. The number of anilines is 5. The second-order valence-corrected chi connectivity index (χ2v) is 23.9. The largest absolute Gasteiger partial charge is 0.372 e. The van der Waals surface area contributed by atoms with Crippen molar-refractivity contribution in [2.24, 2.45) is 0 Å². The van der Waals surface area contributed by atoms with Crippen LogP contribution in [0, 0.1) is 0 Å². The van der Waals surface area contributed by atoms with Crippen molar-refractivity contribution in [3.8, 4) is 11.4 Å². The quantitative estimate of drug-likeness (QED) is 0.0736. The molecule has 4 atom stereocenters. The number of likely N-dealkylation sites (N-methyl/N-ethyl adjacent to an activating group) is 6. The van der Waals surface area contributed by atoms with Gasteiger partial charge in [-0.3, -0.25) is 0 Å². The number of aromatic nitrogens is 4. The van der Waals surface area contributed by atoms with Crippen LogP contribution < -0.4 is 24.5 Å². The van der Waals surface area contributed by atoms with E-state index in [9.17, 15) is 24.0 Å². The van der Waals surface area contributed by atoms with Crippen molar-refractivity contribution in [1.29, 1.82) is 0 Å². The summed E-state index contributed by atoms with van der Waals surface area (Å²) >= 11 is 0. The van der Waals surface area contributed by atoms with E-state index in [4.69, 9.17) is 9.72 Å². The van der Waals surface area contributed by atoms with Gasteiger partial charge in [0.1, 0.15) is 25.1 Å². The molecule has 0 bridgehead atoms. The first-order valence-corrected chi connectivity index (χ1v) is 37.2. The van der Waals surface area contributed by atoms with Gasteiger partial charge in [-0.05, 0) is 166 Å². The molecule has 0 aliphatic carbocycles. The first-order chi connectivity index (χ1) is 46.8. The Kier molecular flexibility index (Phi) is 43.1. The number of benzene rings is 1. The fourth-order valence-corrected chi connectivity index (χ4v) is 11.6. The highest BCUT2D eigenvalue weighted by molar-refractivity contribution is 5.78. The summed E-state index contributed by atoms with van der Waals surface area (Å²) in [4.78, 5) is 105. The highest BCUT2D eigenvalue weighted by Gasteiger charge is 2.39. The fourth-order valence-electron chi connectivity index (χ4n) is 11.6. The molecule has 4 unspecified atom stereocenters. The van der Waals surface area contributed by atoms with Gasteiger partial charge < -0.3 is 78.2 Å². The monoisotopic (exact) mass is 1380 g/mol. The maximum atomic E-state index is 11.6. The zero-order chi connectivity index (χ0) is 74.4. The third-order valence-corrected chi connectivity index (χ3v) is 19.0. The summed E-state index contributed by atoms with van der Waals surface area (Å²) in [7, 11) is 3.68. The van der Waals surface area contributed by atoms with Crippen molar-refractivity contribution in [3.05, 3.63) is 42.5 Å². The SMILES string of the molecule is CC1C(C)N(C)C(=O)N1C.CCN(CC)C(=O)N(CC)CC.CCN(CC)c1cc(N(CC)CC)nc(N(CC)CC)c1.CCN(CC)c1nc(-c2ccccc2)nc(N(CC)CC)n1.CCN1C(=O)N(CC)C(C)C1C.CCN1CCN(CC)C1=O.CCN1COCN(CC)C1=O. The summed E-state index contributed by atoms with van der Waals surface area (Å²) in [5.41, 5.74) is 2.30. The Morgan fingerprint density at radius 1 is 0.398 bits per heavy atom. The number of carbonyl (C=O) groups is 5. The van der Waals surface area contributed by atoms with Gasteiger partial charge in [0, 0.05) is 181 Å². The number of hydrogen-bond acceptors (Lipinski definition) is 15. The summed E-state index contributed by atoms with van der Waals surface area (Å²) in [5, 5.41) is 0. The van der Waals surface area contributed by atoms with Crippen LogP contribution in [0.1, 0.15) is 166 Å². The van der Waals surface area contributed by atoms with E-state index in [1.807, 2.05) is 143 Å². The van der Waals surface area contributed by atoms with Crippen LogP contribution >= 0.6 is 0 Å². The van der Waals surface area contributed by atoms with Gasteiger partial charge in [-0.2, -0.15) is 15.0 Å². The zero-order valence-electron chi connectivity index (χ0n) is 66.3. The number of carbonyl (C=O) groups excluding carboxylic acids is 5. The molecule has 4 aliphatic rings. The van der Waals surface area contributed by atoms with E-state index in [-0.39, 0.29) is 30.2 Å². The summed E-state index contributed by atoms with van der Waals surface area (Å²) in [6, 6.07) is 16.7. The average Bonchev–Trinajstić information content (AvgIpc) is 1.77. The standard InChI is InChI=1S/C17H25N5.C17H32N4.C9H18N2O.C9H20N2O.C7H14N2O2.2C7H14N2O/c1-5-21(6-2)16-18-15(14-12-10-9-11-13-14)19-17(20-16)22(7-3)8-4;1-7-19(8-2)15-13-16(20(9-3)10-4)18-17(14-15)21(11-5)12-6;1-5-10-7(3)8(4)11(6-2)9(10)12;1-5-10(6-2)9(12)11(7-3)8-4;1-3-8-5-11-6-9(4-2)7(8)10;1-5-6(2)9(4)7(10)8(5)3;1-3-8-5-6-9(4-2)7(8)10/h9-13H,5-8H2,1-4H3;13-14H,7-12H2,1-6H3;7-8H,5-6H2,1-4H3;5-8H2,1-4H3;3-6H2,1-2H3;5-6H,1-4H3;3-6H2,1-2H3. The maximum absolute atomic E-state index is 11.6. The van der Waals surface area contributed by atoms with E-state index in [0.29, 0.717) is 37.6 Å². The summed E-state index contributed by atoms with van der Waals surface area (Å²) in [5.74, 6) is 4.42. The number of urea groups is 5. The molecule has 2 aromatic heterocycles. The maximum Gasteiger partial charge on any atom is 0.323 e. The van der Waals surface area contributed by atoms with Crippen molar-refractivity contribution in [2.75, 3.05) is 196 Å². The smallest absolute Gasteiger partial charge is 0.323 e. The summed E-state index contributed by atoms with van der Waals surface area (Å²) in [6.07, 6.45) is 0. The van der Waals surface area contributed by atoms with E-state index in [2.05, 4.69) is 149 Å². The number of pyridine rings is 1. The summed E-state index contributed by atoms with van der Waals surface area (Å²) in [6.45, 7) is 70.1. The first-order valence-electron chi connectivity index (χ1n) is 37.2. The van der Waals surface area contributed by atoms with Crippen molar-refractivity contribution in [3.63, 3.8) is 0 Å². The van der Waals surface area contributed by atoms with Crippen molar-refractivity contribution in [2.45, 2.75) is 190 Å². The minimum Gasteiger partial charge on any atom is -0.372 e. The molecule has 0 radical (unpaired) electrons. The second-order valence-electron chi connectivity index (χ2n) is 23.9. The third-order valence-electron chi connectivity index (χ3n) is 19.0.